The van der Waals surface area contributed by atoms with E-state index in [-0.39, 0.29) is 5.91 Å². The van der Waals surface area contributed by atoms with Crippen molar-refractivity contribution in [3.05, 3.63) is 41.4 Å². The van der Waals surface area contributed by atoms with Gasteiger partial charge in [0.15, 0.2) is 11.3 Å². The summed E-state index contributed by atoms with van der Waals surface area (Å²) in [6.07, 6.45) is 12.8. The Morgan fingerprint density at radius 1 is 1.09 bits per heavy atom. The first-order valence-electron chi connectivity index (χ1n) is 11.9. The lowest BCUT2D eigenvalue weighted by atomic mass is 9.83. The molecule has 2 aliphatic carbocycles. The lowest BCUT2D eigenvalue weighted by molar-refractivity contribution is 0.102. The Labute approximate surface area is 198 Å². The van der Waals surface area contributed by atoms with Crippen LogP contribution in [0.3, 0.4) is 0 Å². The highest BCUT2D eigenvalue weighted by Crippen LogP contribution is 2.32. The number of nitrogens with one attached hydrogen (secondary N) is 3. The Bertz CT molecular complexity index is 1140. The standard InChI is InChI=1S/C24H30ClN7O/c1-2-3-15-4-6-17(7-5-15)29-22-13-19(28-16-8-9-16)23-27-14-20(32(23)31-22)24(33)30-18-10-11-26-21(25)12-18/h10-17,28H,2-9H2,1H3,(H,29,31)(H,26,30,33). The van der Waals surface area contributed by atoms with E-state index in [1.54, 1.807) is 29.0 Å². The molecule has 0 atom stereocenters. The first-order chi connectivity index (χ1) is 16.1. The number of aromatic nitrogens is 4. The summed E-state index contributed by atoms with van der Waals surface area (Å²) >= 11 is 5.95. The summed E-state index contributed by atoms with van der Waals surface area (Å²) in [4.78, 5) is 21.5. The maximum absolute atomic E-state index is 13.0. The minimum atomic E-state index is -0.299. The van der Waals surface area contributed by atoms with Crippen molar-refractivity contribution in [1.82, 2.24) is 19.6 Å². The van der Waals surface area contributed by atoms with E-state index < -0.39 is 0 Å². The molecule has 2 saturated carbocycles. The minimum absolute atomic E-state index is 0.299. The number of rotatable bonds is 8. The van der Waals surface area contributed by atoms with E-state index in [2.05, 4.69) is 32.8 Å². The van der Waals surface area contributed by atoms with E-state index in [1.165, 1.54) is 25.7 Å². The number of nitrogens with zero attached hydrogens (tertiary/aromatic N) is 4. The summed E-state index contributed by atoms with van der Waals surface area (Å²) in [6, 6.07) is 6.20. The predicted molar refractivity (Wildman–Crippen MR) is 131 cm³/mol. The highest BCUT2D eigenvalue weighted by Gasteiger charge is 2.25. The van der Waals surface area contributed by atoms with Crippen molar-refractivity contribution < 1.29 is 4.79 Å². The average molecular weight is 468 g/mol. The van der Waals surface area contributed by atoms with Crippen LogP contribution in [0.15, 0.2) is 30.6 Å². The van der Waals surface area contributed by atoms with Crippen molar-refractivity contribution in [3.63, 3.8) is 0 Å². The summed E-state index contributed by atoms with van der Waals surface area (Å²) in [6.45, 7) is 2.26. The van der Waals surface area contributed by atoms with Crippen LogP contribution in [-0.2, 0) is 0 Å². The summed E-state index contributed by atoms with van der Waals surface area (Å²) in [7, 11) is 0. The van der Waals surface area contributed by atoms with Crippen molar-refractivity contribution in [3.8, 4) is 0 Å². The molecule has 3 heterocycles. The van der Waals surface area contributed by atoms with Crippen LogP contribution in [0.2, 0.25) is 5.15 Å². The lowest BCUT2D eigenvalue weighted by Crippen LogP contribution is -2.27. The van der Waals surface area contributed by atoms with Crippen LogP contribution in [0.5, 0.6) is 0 Å². The zero-order chi connectivity index (χ0) is 22.8. The topological polar surface area (TPSA) is 96.2 Å². The molecule has 3 aromatic heterocycles. The van der Waals surface area contributed by atoms with Crippen molar-refractivity contribution >= 4 is 40.3 Å². The van der Waals surface area contributed by atoms with Crippen LogP contribution >= 0.6 is 11.6 Å². The number of hydrogen-bond donors (Lipinski definition) is 3. The maximum Gasteiger partial charge on any atom is 0.276 e. The van der Waals surface area contributed by atoms with Crippen LogP contribution in [-0.4, -0.2) is 37.6 Å². The van der Waals surface area contributed by atoms with Gasteiger partial charge in [0.1, 0.15) is 11.0 Å². The molecular weight excluding hydrogens is 438 g/mol. The molecule has 3 aromatic rings. The molecule has 0 spiro atoms. The van der Waals surface area contributed by atoms with Gasteiger partial charge in [-0.1, -0.05) is 31.4 Å². The van der Waals surface area contributed by atoms with Crippen molar-refractivity contribution in [2.75, 3.05) is 16.0 Å². The number of hydrogen-bond acceptors (Lipinski definition) is 6. The molecule has 33 heavy (non-hydrogen) atoms. The van der Waals surface area contributed by atoms with Gasteiger partial charge in [0, 0.05) is 30.0 Å². The van der Waals surface area contributed by atoms with Gasteiger partial charge in [-0.2, -0.15) is 0 Å². The van der Waals surface area contributed by atoms with Crippen LogP contribution < -0.4 is 16.0 Å². The number of imidazole rings is 1. The predicted octanol–water partition coefficient (Wildman–Crippen LogP) is 5.38. The third-order valence-electron chi connectivity index (χ3n) is 6.52. The Morgan fingerprint density at radius 2 is 1.85 bits per heavy atom. The van der Waals surface area contributed by atoms with Crippen molar-refractivity contribution in [2.45, 2.75) is 70.4 Å². The molecule has 0 aromatic carbocycles. The highest BCUT2D eigenvalue weighted by molar-refractivity contribution is 6.29. The number of carbonyl (C=O) groups is 1. The molecule has 0 bridgehead atoms. The molecule has 0 aliphatic heterocycles. The van der Waals surface area contributed by atoms with Gasteiger partial charge in [-0.25, -0.2) is 14.5 Å². The normalized spacial score (nSPS) is 20.5. The van der Waals surface area contributed by atoms with Gasteiger partial charge >= 0.3 is 0 Å². The molecule has 174 valence electrons. The Kier molecular flexibility index (Phi) is 6.35. The third-order valence-corrected chi connectivity index (χ3v) is 6.72. The number of pyridine rings is 1. The average Bonchev–Trinajstić information content (AvgIpc) is 3.50. The Morgan fingerprint density at radius 3 is 2.58 bits per heavy atom. The summed E-state index contributed by atoms with van der Waals surface area (Å²) in [5.41, 5.74) is 2.49. The van der Waals surface area contributed by atoms with E-state index in [1.807, 2.05) is 6.07 Å². The van der Waals surface area contributed by atoms with Crippen LogP contribution in [0.1, 0.15) is 68.8 Å². The zero-order valence-electron chi connectivity index (χ0n) is 18.9. The highest BCUT2D eigenvalue weighted by atomic mass is 35.5. The first kappa shape index (κ1) is 21.9. The van der Waals surface area contributed by atoms with E-state index >= 15 is 0 Å². The number of anilines is 3. The van der Waals surface area contributed by atoms with Gasteiger partial charge in [-0.05, 0) is 56.6 Å². The Balaban J connectivity index is 1.39. The number of halogens is 1. The van der Waals surface area contributed by atoms with Crippen LogP contribution in [0.4, 0.5) is 17.2 Å². The summed E-state index contributed by atoms with van der Waals surface area (Å²) in [5, 5.41) is 15.1. The lowest BCUT2D eigenvalue weighted by Gasteiger charge is -2.29. The van der Waals surface area contributed by atoms with Crippen molar-refractivity contribution in [1.29, 1.82) is 0 Å². The van der Waals surface area contributed by atoms with E-state index in [9.17, 15) is 4.79 Å². The molecule has 1 amide bonds. The van der Waals surface area contributed by atoms with Gasteiger partial charge in [0.2, 0.25) is 0 Å². The molecule has 0 radical (unpaired) electrons. The molecule has 2 aliphatic rings. The van der Waals surface area contributed by atoms with Gasteiger partial charge in [-0.15, -0.1) is 5.10 Å². The molecule has 0 saturated heterocycles. The molecule has 9 heteroatoms. The number of amides is 1. The van der Waals surface area contributed by atoms with Gasteiger partial charge in [-0.3, -0.25) is 4.79 Å². The van der Waals surface area contributed by atoms with E-state index in [0.29, 0.717) is 34.3 Å². The number of fused-ring (bicyclic) bond motifs is 1. The molecular formula is C24H30ClN7O. The van der Waals surface area contributed by atoms with Crippen LogP contribution in [0.25, 0.3) is 5.65 Å². The van der Waals surface area contributed by atoms with Crippen molar-refractivity contribution in [2.24, 2.45) is 5.92 Å². The second kappa shape index (κ2) is 9.55. The molecule has 2 fully saturated rings. The van der Waals surface area contributed by atoms with Gasteiger partial charge < -0.3 is 16.0 Å². The fourth-order valence-corrected chi connectivity index (χ4v) is 4.81. The van der Waals surface area contributed by atoms with Gasteiger partial charge in [0.05, 0.1) is 11.9 Å². The van der Waals surface area contributed by atoms with Crippen LogP contribution in [0, 0.1) is 5.92 Å². The van der Waals surface area contributed by atoms with E-state index in [0.717, 1.165) is 43.1 Å². The third kappa shape index (κ3) is 5.21. The van der Waals surface area contributed by atoms with Gasteiger partial charge in [0.25, 0.3) is 5.91 Å². The Hall–Kier alpha value is -2.87. The monoisotopic (exact) mass is 467 g/mol. The summed E-state index contributed by atoms with van der Waals surface area (Å²) < 4.78 is 1.63. The number of carbonyl (C=O) groups excluding carboxylic acids is 1. The molecule has 3 N–H and O–H groups in total. The smallest absolute Gasteiger partial charge is 0.276 e. The maximum atomic E-state index is 13.0. The second-order valence-electron chi connectivity index (χ2n) is 9.21. The SMILES string of the molecule is CCCC1CCC(Nc2cc(NC3CC3)c3ncc(C(=O)Nc4ccnc(Cl)c4)n3n2)CC1. The zero-order valence-corrected chi connectivity index (χ0v) is 19.6. The quantitative estimate of drug-likeness (QED) is 0.385. The fourth-order valence-electron chi connectivity index (χ4n) is 4.64. The molecule has 0 unspecified atom stereocenters. The fraction of sp³-hybridized carbons (Fsp3) is 0.500. The largest absolute Gasteiger partial charge is 0.379 e. The first-order valence-corrected chi connectivity index (χ1v) is 12.3. The molecule has 5 rings (SSSR count). The minimum Gasteiger partial charge on any atom is -0.379 e. The van der Waals surface area contributed by atoms with E-state index in [4.69, 9.17) is 16.7 Å². The second-order valence-corrected chi connectivity index (χ2v) is 9.60. The molecule has 8 nitrogen and oxygen atoms in total. The summed E-state index contributed by atoms with van der Waals surface area (Å²) in [5.74, 6) is 1.32.